The van der Waals surface area contributed by atoms with E-state index in [1.54, 1.807) is 18.2 Å². The van der Waals surface area contributed by atoms with Crippen molar-refractivity contribution in [3.05, 3.63) is 62.1 Å². The van der Waals surface area contributed by atoms with E-state index in [0.717, 1.165) is 15.4 Å². The number of nitrogens with zero attached hydrogens (tertiary/aromatic N) is 2. The SMILES string of the molecule is Cc1cc([N+](=O)[O-])c(Br)cc1Sc1ccccc1C#N. The molecule has 2 aromatic carbocycles. The zero-order chi connectivity index (χ0) is 14.7. The van der Waals surface area contributed by atoms with Crippen molar-refractivity contribution >= 4 is 33.4 Å². The Kier molecular flexibility index (Phi) is 4.42. The molecule has 100 valence electrons. The predicted octanol–water partition coefficient (Wildman–Crippen LogP) is 4.69. The van der Waals surface area contributed by atoms with Crippen LogP contribution in [-0.4, -0.2) is 4.92 Å². The van der Waals surface area contributed by atoms with Gasteiger partial charge in [0, 0.05) is 15.9 Å². The maximum absolute atomic E-state index is 10.9. The molecule has 0 aliphatic carbocycles. The second-order valence-corrected chi connectivity index (χ2v) is 5.97. The summed E-state index contributed by atoms with van der Waals surface area (Å²) in [5.41, 5.74) is 1.43. The first-order chi connectivity index (χ1) is 9.52. The Morgan fingerprint density at radius 1 is 1.30 bits per heavy atom. The first-order valence-electron chi connectivity index (χ1n) is 5.64. The van der Waals surface area contributed by atoms with E-state index in [1.165, 1.54) is 17.8 Å². The standard InChI is InChI=1S/C14H9BrN2O2S/c1-9-6-12(17(18)19)11(15)7-14(9)20-13-5-3-2-4-10(13)8-16/h2-7H,1H3. The van der Waals surface area contributed by atoms with E-state index < -0.39 is 4.92 Å². The van der Waals surface area contributed by atoms with E-state index in [2.05, 4.69) is 22.0 Å². The summed E-state index contributed by atoms with van der Waals surface area (Å²) in [5.74, 6) is 0. The van der Waals surface area contributed by atoms with Gasteiger partial charge in [-0.1, -0.05) is 23.9 Å². The van der Waals surface area contributed by atoms with Crippen molar-refractivity contribution in [2.75, 3.05) is 0 Å². The Morgan fingerprint density at radius 2 is 2.00 bits per heavy atom. The van der Waals surface area contributed by atoms with Crippen LogP contribution in [0, 0.1) is 28.4 Å². The average Bonchev–Trinajstić information content (AvgIpc) is 2.42. The quantitative estimate of drug-likeness (QED) is 0.596. The molecule has 20 heavy (non-hydrogen) atoms. The van der Waals surface area contributed by atoms with E-state index in [-0.39, 0.29) is 5.69 Å². The van der Waals surface area contributed by atoms with Gasteiger partial charge in [-0.05, 0) is 46.6 Å². The number of rotatable bonds is 3. The van der Waals surface area contributed by atoms with Gasteiger partial charge in [0.15, 0.2) is 0 Å². The van der Waals surface area contributed by atoms with E-state index in [4.69, 9.17) is 5.26 Å². The Bertz CT molecular complexity index is 726. The molecule has 0 saturated heterocycles. The third-order valence-corrected chi connectivity index (χ3v) is 4.54. The monoisotopic (exact) mass is 348 g/mol. The third kappa shape index (κ3) is 3.00. The second kappa shape index (κ2) is 6.07. The normalized spacial score (nSPS) is 10.1. The Hall–Kier alpha value is -1.84. The number of nitro groups is 1. The van der Waals surface area contributed by atoms with Crippen LogP contribution in [0.5, 0.6) is 0 Å². The molecule has 2 aromatic rings. The Morgan fingerprint density at radius 3 is 2.65 bits per heavy atom. The van der Waals surface area contributed by atoms with Crippen LogP contribution in [0.3, 0.4) is 0 Å². The topological polar surface area (TPSA) is 66.9 Å². The van der Waals surface area contributed by atoms with Gasteiger partial charge in [-0.2, -0.15) is 5.26 Å². The molecular weight excluding hydrogens is 340 g/mol. The minimum absolute atomic E-state index is 0.0421. The molecular formula is C14H9BrN2O2S. The smallest absolute Gasteiger partial charge is 0.258 e. The maximum Gasteiger partial charge on any atom is 0.283 e. The molecule has 0 atom stereocenters. The molecule has 2 rings (SSSR count). The van der Waals surface area contributed by atoms with E-state index in [9.17, 15) is 10.1 Å². The lowest BCUT2D eigenvalue weighted by atomic mass is 10.2. The zero-order valence-corrected chi connectivity index (χ0v) is 12.9. The lowest BCUT2D eigenvalue weighted by Gasteiger charge is -2.08. The number of benzene rings is 2. The number of hydrogen-bond donors (Lipinski definition) is 0. The lowest BCUT2D eigenvalue weighted by molar-refractivity contribution is -0.385. The van der Waals surface area contributed by atoms with Crippen LogP contribution in [0.15, 0.2) is 50.7 Å². The van der Waals surface area contributed by atoms with E-state index in [1.807, 2.05) is 19.1 Å². The molecule has 4 nitrogen and oxygen atoms in total. The van der Waals surface area contributed by atoms with Gasteiger partial charge >= 0.3 is 0 Å². The van der Waals surface area contributed by atoms with E-state index >= 15 is 0 Å². The van der Waals surface area contributed by atoms with Crippen LogP contribution in [-0.2, 0) is 0 Å². The second-order valence-electron chi connectivity index (χ2n) is 4.04. The molecule has 0 N–H and O–H groups in total. The highest BCUT2D eigenvalue weighted by atomic mass is 79.9. The van der Waals surface area contributed by atoms with Crippen molar-refractivity contribution in [1.29, 1.82) is 5.26 Å². The average molecular weight is 349 g/mol. The van der Waals surface area contributed by atoms with Gasteiger partial charge in [-0.15, -0.1) is 0 Å². The van der Waals surface area contributed by atoms with Crippen LogP contribution in [0.1, 0.15) is 11.1 Å². The van der Waals surface area contributed by atoms with Gasteiger partial charge in [-0.3, -0.25) is 10.1 Å². The summed E-state index contributed by atoms with van der Waals surface area (Å²) in [6.45, 7) is 1.82. The molecule has 0 aliphatic heterocycles. The summed E-state index contributed by atoms with van der Waals surface area (Å²) in [6.07, 6.45) is 0. The van der Waals surface area contributed by atoms with Crippen LogP contribution in [0.2, 0.25) is 0 Å². The summed E-state index contributed by atoms with van der Waals surface area (Å²) in [4.78, 5) is 12.2. The highest BCUT2D eigenvalue weighted by Crippen LogP contribution is 2.37. The predicted molar refractivity (Wildman–Crippen MR) is 80.8 cm³/mol. The maximum atomic E-state index is 10.9. The van der Waals surface area contributed by atoms with Gasteiger partial charge in [0.05, 0.1) is 15.0 Å². The molecule has 0 amide bonds. The number of nitro benzene ring substituents is 1. The van der Waals surface area contributed by atoms with Crippen molar-refractivity contribution in [3.63, 3.8) is 0 Å². The van der Waals surface area contributed by atoms with Crippen LogP contribution >= 0.6 is 27.7 Å². The summed E-state index contributed by atoms with van der Waals surface area (Å²) >= 11 is 4.64. The van der Waals surface area contributed by atoms with Crippen molar-refractivity contribution in [2.24, 2.45) is 0 Å². The van der Waals surface area contributed by atoms with Crippen LogP contribution < -0.4 is 0 Å². The fraction of sp³-hybridized carbons (Fsp3) is 0.0714. The largest absolute Gasteiger partial charge is 0.283 e. The first kappa shape index (κ1) is 14.6. The van der Waals surface area contributed by atoms with Crippen molar-refractivity contribution < 1.29 is 4.92 Å². The Balaban J connectivity index is 2.43. The van der Waals surface area contributed by atoms with Crippen molar-refractivity contribution in [3.8, 4) is 6.07 Å². The molecule has 0 heterocycles. The van der Waals surface area contributed by atoms with Crippen molar-refractivity contribution in [1.82, 2.24) is 0 Å². The molecule has 0 fully saturated rings. The fourth-order valence-corrected chi connectivity index (χ4v) is 3.31. The highest BCUT2D eigenvalue weighted by Gasteiger charge is 2.15. The van der Waals surface area contributed by atoms with Gasteiger partial charge in [0.2, 0.25) is 0 Å². The highest BCUT2D eigenvalue weighted by molar-refractivity contribution is 9.10. The van der Waals surface area contributed by atoms with Crippen LogP contribution in [0.4, 0.5) is 5.69 Å². The molecule has 0 radical (unpaired) electrons. The molecule has 0 aromatic heterocycles. The van der Waals surface area contributed by atoms with Gasteiger partial charge in [0.25, 0.3) is 5.69 Å². The summed E-state index contributed by atoms with van der Waals surface area (Å²) in [7, 11) is 0. The number of nitriles is 1. The van der Waals surface area contributed by atoms with Crippen LogP contribution in [0.25, 0.3) is 0 Å². The van der Waals surface area contributed by atoms with Gasteiger partial charge in [-0.25, -0.2) is 0 Å². The third-order valence-electron chi connectivity index (χ3n) is 2.67. The minimum atomic E-state index is -0.422. The zero-order valence-electron chi connectivity index (χ0n) is 10.5. The van der Waals surface area contributed by atoms with Gasteiger partial charge < -0.3 is 0 Å². The molecule has 0 spiro atoms. The molecule has 6 heteroatoms. The summed E-state index contributed by atoms with van der Waals surface area (Å²) < 4.78 is 0.435. The Labute approximate surface area is 128 Å². The minimum Gasteiger partial charge on any atom is -0.258 e. The number of halogens is 1. The number of aryl methyl sites for hydroxylation is 1. The van der Waals surface area contributed by atoms with Crippen molar-refractivity contribution in [2.45, 2.75) is 16.7 Å². The summed E-state index contributed by atoms with van der Waals surface area (Å²) in [6, 6.07) is 12.7. The molecule has 0 saturated carbocycles. The van der Waals surface area contributed by atoms with E-state index in [0.29, 0.717) is 10.0 Å². The summed E-state index contributed by atoms with van der Waals surface area (Å²) in [5, 5.41) is 19.9. The molecule has 0 bridgehead atoms. The fourth-order valence-electron chi connectivity index (χ4n) is 1.66. The lowest BCUT2D eigenvalue weighted by Crippen LogP contribution is -1.92. The van der Waals surface area contributed by atoms with Gasteiger partial charge in [0.1, 0.15) is 6.07 Å². The first-order valence-corrected chi connectivity index (χ1v) is 7.25. The molecule has 0 unspecified atom stereocenters. The number of hydrogen-bond acceptors (Lipinski definition) is 4. The molecule has 0 aliphatic rings.